The molecule has 140 valence electrons. The summed E-state index contributed by atoms with van der Waals surface area (Å²) in [4.78, 5) is 1.36. The predicted octanol–water partition coefficient (Wildman–Crippen LogP) is 0.989. The van der Waals surface area contributed by atoms with Crippen LogP contribution in [0.25, 0.3) is 5.69 Å². The lowest BCUT2D eigenvalue weighted by Crippen LogP contribution is -3.14. The van der Waals surface area contributed by atoms with E-state index >= 15 is 0 Å². The lowest BCUT2D eigenvalue weighted by Gasteiger charge is -2.31. The summed E-state index contributed by atoms with van der Waals surface area (Å²) in [5.41, 5.74) is 4.36. The first-order valence-electron chi connectivity index (χ1n) is 9.21. The number of aromatic nitrogens is 4. The number of aromatic hydroxyl groups is 1. The Morgan fingerprint density at radius 2 is 1.70 bits per heavy atom. The zero-order valence-corrected chi connectivity index (χ0v) is 15.6. The maximum atomic E-state index is 9.71. The van der Waals surface area contributed by atoms with E-state index in [4.69, 9.17) is 4.74 Å². The fourth-order valence-electron chi connectivity index (χ4n) is 3.83. The average molecular weight is 366 g/mol. The molecule has 2 heterocycles. The molecule has 1 saturated heterocycles. The van der Waals surface area contributed by atoms with Crippen molar-refractivity contribution in [2.24, 2.45) is 0 Å². The second-order valence-corrected chi connectivity index (χ2v) is 6.98. The molecule has 1 fully saturated rings. The molecule has 0 radical (unpaired) electrons. The predicted molar refractivity (Wildman–Crippen MR) is 100 cm³/mol. The third kappa shape index (κ3) is 3.43. The van der Waals surface area contributed by atoms with E-state index in [9.17, 15) is 5.11 Å². The van der Waals surface area contributed by atoms with Crippen molar-refractivity contribution < 1.29 is 14.7 Å². The number of phenolic OH excluding ortho intramolecular Hbond substituents is 1. The fourth-order valence-corrected chi connectivity index (χ4v) is 3.83. The van der Waals surface area contributed by atoms with Crippen LogP contribution in [0, 0.1) is 13.8 Å². The Morgan fingerprint density at radius 1 is 1.04 bits per heavy atom. The van der Waals surface area contributed by atoms with Crippen LogP contribution in [0.2, 0.25) is 0 Å². The number of hydrogen-bond donors (Lipinski definition) is 2. The van der Waals surface area contributed by atoms with Gasteiger partial charge in [-0.1, -0.05) is 18.2 Å². The number of para-hydroxylation sites is 1. The molecule has 0 saturated carbocycles. The molecule has 4 rings (SSSR count). The van der Waals surface area contributed by atoms with Crippen molar-refractivity contribution in [1.82, 2.24) is 20.2 Å². The molecule has 7 nitrogen and oxygen atoms in total. The molecular formula is C20H24N5O2+. The zero-order chi connectivity index (χ0) is 18.8. The number of rotatable bonds is 4. The van der Waals surface area contributed by atoms with Gasteiger partial charge in [0.2, 0.25) is 5.82 Å². The van der Waals surface area contributed by atoms with Gasteiger partial charge in [-0.15, -0.1) is 5.10 Å². The molecule has 7 heteroatoms. The molecule has 1 aliphatic heterocycles. The van der Waals surface area contributed by atoms with E-state index in [-0.39, 0.29) is 11.8 Å². The molecule has 0 bridgehead atoms. The van der Waals surface area contributed by atoms with Gasteiger partial charge in [0, 0.05) is 5.56 Å². The van der Waals surface area contributed by atoms with Gasteiger partial charge in [0.05, 0.1) is 18.9 Å². The number of nitrogens with zero attached hydrogens (tertiary/aromatic N) is 4. The monoisotopic (exact) mass is 366 g/mol. The maximum absolute atomic E-state index is 9.71. The van der Waals surface area contributed by atoms with Crippen molar-refractivity contribution >= 4 is 0 Å². The normalized spacial score (nSPS) is 16.4. The first kappa shape index (κ1) is 17.6. The van der Waals surface area contributed by atoms with E-state index < -0.39 is 0 Å². The Hall–Kier alpha value is -2.77. The van der Waals surface area contributed by atoms with Gasteiger partial charge in [-0.05, 0) is 59.7 Å². The summed E-state index contributed by atoms with van der Waals surface area (Å²) in [6.07, 6.45) is 0. The van der Waals surface area contributed by atoms with Crippen LogP contribution in [0.1, 0.15) is 28.6 Å². The minimum absolute atomic E-state index is 0.0384. The molecule has 1 atom stereocenters. The maximum Gasteiger partial charge on any atom is 0.219 e. The van der Waals surface area contributed by atoms with E-state index in [0.717, 1.165) is 54.5 Å². The van der Waals surface area contributed by atoms with Gasteiger partial charge >= 0.3 is 0 Å². The summed E-state index contributed by atoms with van der Waals surface area (Å²) in [7, 11) is 0. The Balaban J connectivity index is 1.84. The molecule has 0 unspecified atom stereocenters. The van der Waals surface area contributed by atoms with Gasteiger partial charge in [-0.2, -0.15) is 4.68 Å². The summed E-state index contributed by atoms with van der Waals surface area (Å²) < 4.78 is 7.42. The van der Waals surface area contributed by atoms with Gasteiger partial charge in [0.1, 0.15) is 18.8 Å². The third-order valence-electron chi connectivity index (χ3n) is 5.17. The molecule has 1 aliphatic rings. The Kier molecular flexibility index (Phi) is 4.87. The molecule has 1 aromatic heterocycles. The van der Waals surface area contributed by atoms with Crippen LogP contribution in [0.5, 0.6) is 5.75 Å². The summed E-state index contributed by atoms with van der Waals surface area (Å²) in [6.45, 7) is 7.34. The molecule has 2 N–H and O–H groups in total. The number of tetrazole rings is 1. The summed E-state index contributed by atoms with van der Waals surface area (Å²) in [6, 6.07) is 13.5. The van der Waals surface area contributed by atoms with Crippen LogP contribution in [0.15, 0.2) is 42.5 Å². The second kappa shape index (κ2) is 7.46. The number of benzene rings is 2. The lowest BCUT2D eigenvalue weighted by molar-refractivity contribution is -0.933. The lowest BCUT2D eigenvalue weighted by atomic mass is 10.0. The van der Waals surface area contributed by atoms with Crippen molar-refractivity contribution in [2.45, 2.75) is 19.9 Å². The number of ether oxygens (including phenoxy) is 1. The van der Waals surface area contributed by atoms with Crippen LogP contribution in [-0.2, 0) is 4.74 Å². The van der Waals surface area contributed by atoms with Crippen molar-refractivity contribution in [1.29, 1.82) is 0 Å². The van der Waals surface area contributed by atoms with Gasteiger partial charge < -0.3 is 14.7 Å². The second-order valence-electron chi connectivity index (χ2n) is 6.98. The molecule has 0 spiro atoms. The number of aryl methyl sites for hydroxylation is 2. The number of nitrogens with one attached hydrogen (secondary N) is 1. The number of quaternary nitrogens is 1. The summed E-state index contributed by atoms with van der Waals surface area (Å²) >= 11 is 0. The molecule has 0 aliphatic carbocycles. The van der Waals surface area contributed by atoms with E-state index in [2.05, 4.69) is 41.5 Å². The molecular weight excluding hydrogens is 342 g/mol. The summed E-state index contributed by atoms with van der Waals surface area (Å²) in [5, 5.41) is 22.5. The van der Waals surface area contributed by atoms with Crippen molar-refractivity contribution in [3.8, 4) is 11.4 Å². The largest absolute Gasteiger partial charge is 0.508 e. The Labute approximate surface area is 158 Å². The third-order valence-corrected chi connectivity index (χ3v) is 5.17. The molecule has 0 amide bonds. The van der Waals surface area contributed by atoms with Crippen LogP contribution >= 0.6 is 0 Å². The van der Waals surface area contributed by atoms with Crippen molar-refractivity contribution in [3.63, 3.8) is 0 Å². The van der Waals surface area contributed by atoms with Crippen molar-refractivity contribution in [3.05, 3.63) is 65.0 Å². The van der Waals surface area contributed by atoms with Crippen LogP contribution in [0.4, 0.5) is 0 Å². The van der Waals surface area contributed by atoms with Gasteiger partial charge in [-0.25, -0.2) is 0 Å². The standard InChI is InChI=1S/C20H23N5O2/c1-14-4-3-5-15(2)18(14)25-20(21-22-23-25)19(24-10-12-27-13-11-24)16-6-8-17(26)9-7-16/h3-9,19,26H,10-13H2,1-2H3/p+1/t19-/m1/s1. The highest BCUT2D eigenvalue weighted by Crippen LogP contribution is 2.25. The Bertz CT molecular complexity index is 896. The van der Waals surface area contributed by atoms with Gasteiger partial charge in [0.15, 0.2) is 6.04 Å². The van der Waals surface area contributed by atoms with E-state index in [1.54, 1.807) is 12.1 Å². The van der Waals surface area contributed by atoms with E-state index in [1.807, 2.05) is 22.9 Å². The van der Waals surface area contributed by atoms with E-state index in [0.29, 0.717) is 0 Å². The minimum Gasteiger partial charge on any atom is -0.508 e. The molecule has 2 aromatic carbocycles. The highest BCUT2D eigenvalue weighted by atomic mass is 16.5. The van der Waals surface area contributed by atoms with Crippen molar-refractivity contribution in [2.75, 3.05) is 26.3 Å². The summed E-state index contributed by atoms with van der Waals surface area (Å²) in [5.74, 6) is 1.05. The first-order valence-corrected chi connectivity index (χ1v) is 9.21. The molecule has 27 heavy (non-hydrogen) atoms. The van der Waals surface area contributed by atoms with Gasteiger partial charge in [-0.3, -0.25) is 0 Å². The number of phenols is 1. The zero-order valence-electron chi connectivity index (χ0n) is 15.6. The fraction of sp³-hybridized carbons (Fsp3) is 0.350. The Morgan fingerprint density at radius 3 is 2.37 bits per heavy atom. The quantitative estimate of drug-likeness (QED) is 0.720. The number of hydrogen-bond acceptors (Lipinski definition) is 5. The molecule has 3 aromatic rings. The van der Waals surface area contributed by atoms with Crippen LogP contribution < -0.4 is 4.90 Å². The highest BCUT2D eigenvalue weighted by Gasteiger charge is 2.33. The average Bonchev–Trinajstić information content (AvgIpc) is 3.13. The first-order chi connectivity index (χ1) is 13.1. The van der Waals surface area contributed by atoms with Crippen LogP contribution in [0.3, 0.4) is 0 Å². The SMILES string of the molecule is Cc1cccc(C)c1-n1nnnc1[C@@H](c1ccc(O)cc1)[NH+]1CCOCC1. The smallest absolute Gasteiger partial charge is 0.219 e. The van der Waals surface area contributed by atoms with Crippen LogP contribution in [-0.4, -0.2) is 51.6 Å². The minimum atomic E-state index is -0.0384. The number of morpholine rings is 1. The van der Waals surface area contributed by atoms with Gasteiger partial charge in [0.25, 0.3) is 0 Å². The highest BCUT2D eigenvalue weighted by molar-refractivity contribution is 5.47. The topological polar surface area (TPSA) is 77.5 Å². The van der Waals surface area contributed by atoms with E-state index in [1.165, 1.54) is 4.90 Å².